The Morgan fingerprint density at radius 2 is 2.00 bits per heavy atom. The maximum absolute atomic E-state index is 14.3. The molecule has 2 heterocycles. The molecule has 1 saturated heterocycles. The van der Waals surface area contributed by atoms with Crippen LogP contribution in [0.3, 0.4) is 0 Å². The van der Waals surface area contributed by atoms with Gasteiger partial charge in [-0.1, -0.05) is 24.8 Å². The molecule has 1 aromatic heterocycles. The number of nitrogens with one attached hydrogen (secondary N) is 2. The number of hydrogen-bond acceptors (Lipinski definition) is 7. The third-order valence-corrected chi connectivity index (χ3v) is 6.49. The number of rotatable bonds is 10. The molecule has 0 saturated carbocycles. The zero-order valence-corrected chi connectivity index (χ0v) is 21.6. The first-order valence-corrected chi connectivity index (χ1v) is 12.7. The average Bonchev–Trinajstić information content (AvgIpc) is 3.10. The van der Waals surface area contributed by atoms with Gasteiger partial charge in [-0.05, 0) is 42.8 Å². The first kappa shape index (κ1) is 26.7. The van der Waals surface area contributed by atoms with Crippen LogP contribution in [0.15, 0.2) is 79.1 Å². The van der Waals surface area contributed by atoms with Gasteiger partial charge >= 0.3 is 0 Å². The van der Waals surface area contributed by atoms with E-state index in [0.29, 0.717) is 67.2 Å². The summed E-state index contributed by atoms with van der Waals surface area (Å²) in [7, 11) is 0. The molecule has 1 atom stereocenters. The minimum absolute atomic E-state index is 0.188. The molecule has 4 N–H and O–H groups in total. The molecule has 1 unspecified atom stereocenters. The Morgan fingerprint density at radius 3 is 2.73 bits per heavy atom. The van der Waals surface area contributed by atoms with Crippen molar-refractivity contribution >= 4 is 28.8 Å². The van der Waals surface area contributed by atoms with Crippen LogP contribution in [-0.2, 0) is 4.74 Å². The first-order valence-electron chi connectivity index (χ1n) is 12.3. The largest absolute Gasteiger partial charge is 0.491 e. The standard InChI is InChI=1S/C28H33ClFN5O2/c1-19(34-28-10-3-21(29)18-32-28)24-7-4-22(30)5-9-26(24)33-20(2)25-8-6-23(17-27(25)37-14-11-31)35-12-15-36-16-13-35/h3,5-6,8-10,17-18,24,33H,1-2,4,7,11-16,31H2,(H,32,34). The van der Waals surface area contributed by atoms with E-state index in [-0.39, 0.29) is 11.7 Å². The Morgan fingerprint density at radius 1 is 1.19 bits per heavy atom. The fourth-order valence-corrected chi connectivity index (χ4v) is 4.43. The van der Waals surface area contributed by atoms with Crippen LogP contribution in [0, 0.1) is 5.92 Å². The Labute approximate surface area is 222 Å². The van der Waals surface area contributed by atoms with Gasteiger partial charge in [0.05, 0.1) is 18.2 Å². The van der Waals surface area contributed by atoms with Gasteiger partial charge < -0.3 is 30.7 Å². The predicted molar refractivity (Wildman–Crippen MR) is 148 cm³/mol. The first-order chi connectivity index (χ1) is 17.9. The van der Waals surface area contributed by atoms with Crippen molar-refractivity contribution in [2.24, 2.45) is 11.7 Å². The summed E-state index contributed by atoms with van der Waals surface area (Å²) in [5.41, 5.74) is 9.66. The van der Waals surface area contributed by atoms with Crippen LogP contribution >= 0.6 is 11.6 Å². The molecule has 0 bridgehead atoms. The van der Waals surface area contributed by atoms with E-state index >= 15 is 0 Å². The number of pyridine rings is 1. The molecule has 7 nitrogen and oxygen atoms in total. The molecule has 37 heavy (non-hydrogen) atoms. The fraction of sp³-hybridized carbons (Fsp3) is 0.321. The highest BCUT2D eigenvalue weighted by atomic mass is 35.5. The molecular formula is C28H33ClFN5O2. The zero-order chi connectivity index (χ0) is 26.2. The van der Waals surface area contributed by atoms with Gasteiger partial charge in [0.1, 0.15) is 24.0 Å². The lowest BCUT2D eigenvalue weighted by molar-refractivity contribution is 0.122. The van der Waals surface area contributed by atoms with Crippen LogP contribution in [-0.4, -0.2) is 44.4 Å². The number of halogens is 2. The molecule has 9 heteroatoms. The second kappa shape index (κ2) is 12.8. The number of allylic oxidation sites excluding steroid dienone is 3. The van der Waals surface area contributed by atoms with Gasteiger partial charge in [-0.25, -0.2) is 9.37 Å². The molecule has 2 aliphatic rings. The number of nitrogens with zero attached hydrogens (tertiary/aromatic N) is 2. The van der Waals surface area contributed by atoms with Gasteiger partial charge in [0.2, 0.25) is 0 Å². The highest BCUT2D eigenvalue weighted by Crippen LogP contribution is 2.34. The normalized spacial score (nSPS) is 17.8. The number of morpholine rings is 1. The van der Waals surface area contributed by atoms with E-state index in [1.165, 1.54) is 6.08 Å². The van der Waals surface area contributed by atoms with Crippen molar-refractivity contribution in [1.82, 2.24) is 10.3 Å². The SMILES string of the molecule is C=C(NC1=CC=C(F)CCC1C(=C)Nc1ccc(Cl)cn1)c1ccc(N2CCOCC2)cc1OCCN. The summed E-state index contributed by atoms with van der Waals surface area (Å²) < 4.78 is 25.7. The van der Waals surface area contributed by atoms with Crippen LogP contribution in [0.2, 0.25) is 5.02 Å². The predicted octanol–water partition coefficient (Wildman–Crippen LogP) is 5.24. The van der Waals surface area contributed by atoms with Gasteiger partial charge in [-0.2, -0.15) is 0 Å². The van der Waals surface area contributed by atoms with Gasteiger partial charge in [0.15, 0.2) is 0 Å². The minimum atomic E-state index is -0.209. The maximum Gasteiger partial charge on any atom is 0.130 e. The van der Waals surface area contributed by atoms with Gasteiger partial charge in [-0.3, -0.25) is 0 Å². The van der Waals surface area contributed by atoms with E-state index in [0.717, 1.165) is 30.0 Å². The third-order valence-electron chi connectivity index (χ3n) is 6.26. The highest BCUT2D eigenvalue weighted by Gasteiger charge is 2.23. The topological polar surface area (TPSA) is 84.7 Å². The van der Waals surface area contributed by atoms with Crippen molar-refractivity contribution < 1.29 is 13.9 Å². The van der Waals surface area contributed by atoms with E-state index in [1.54, 1.807) is 24.4 Å². The van der Waals surface area contributed by atoms with Crippen molar-refractivity contribution in [2.75, 3.05) is 49.7 Å². The van der Waals surface area contributed by atoms with Crippen LogP contribution in [0.25, 0.3) is 5.70 Å². The summed E-state index contributed by atoms with van der Waals surface area (Å²) in [5.74, 6) is 0.898. The molecule has 1 aromatic carbocycles. The summed E-state index contributed by atoms with van der Waals surface area (Å²) in [6.45, 7) is 12.3. The fourth-order valence-electron chi connectivity index (χ4n) is 4.32. The summed E-state index contributed by atoms with van der Waals surface area (Å²) in [6.07, 6.45) is 5.61. The molecule has 0 amide bonds. The van der Waals surface area contributed by atoms with Crippen LogP contribution in [0.4, 0.5) is 15.9 Å². The van der Waals surface area contributed by atoms with Crippen LogP contribution < -0.4 is 26.0 Å². The van der Waals surface area contributed by atoms with Gasteiger partial charge in [0, 0.05) is 72.6 Å². The maximum atomic E-state index is 14.3. The Kier molecular flexibility index (Phi) is 9.22. The molecule has 196 valence electrons. The smallest absolute Gasteiger partial charge is 0.130 e. The lowest BCUT2D eigenvalue weighted by atomic mass is 9.96. The molecule has 2 aromatic rings. The quantitative estimate of drug-likeness (QED) is 0.391. The van der Waals surface area contributed by atoms with Crippen molar-refractivity contribution in [3.8, 4) is 5.75 Å². The molecule has 1 aliphatic carbocycles. The second-order valence-electron chi connectivity index (χ2n) is 8.86. The summed E-state index contributed by atoms with van der Waals surface area (Å²) in [6, 6.07) is 9.57. The highest BCUT2D eigenvalue weighted by molar-refractivity contribution is 6.30. The van der Waals surface area contributed by atoms with Crippen molar-refractivity contribution in [3.63, 3.8) is 0 Å². The van der Waals surface area contributed by atoms with Crippen LogP contribution in [0.5, 0.6) is 5.75 Å². The number of nitrogens with two attached hydrogens (primary N) is 1. The van der Waals surface area contributed by atoms with E-state index in [4.69, 9.17) is 26.8 Å². The number of aromatic nitrogens is 1. The van der Waals surface area contributed by atoms with Crippen molar-refractivity contribution in [1.29, 1.82) is 0 Å². The minimum Gasteiger partial charge on any atom is -0.491 e. The second-order valence-corrected chi connectivity index (χ2v) is 9.30. The van der Waals surface area contributed by atoms with E-state index < -0.39 is 0 Å². The number of anilines is 2. The Bertz CT molecular complexity index is 1180. The molecular weight excluding hydrogens is 493 g/mol. The summed E-state index contributed by atoms with van der Waals surface area (Å²) >= 11 is 5.96. The van der Waals surface area contributed by atoms with E-state index in [9.17, 15) is 4.39 Å². The van der Waals surface area contributed by atoms with Crippen molar-refractivity contribution in [2.45, 2.75) is 12.8 Å². The molecule has 0 spiro atoms. The number of ether oxygens (including phenoxy) is 2. The summed E-state index contributed by atoms with van der Waals surface area (Å²) in [4.78, 5) is 6.55. The number of hydrogen-bond donors (Lipinski definition) is 3. The number of benzene rings is 1. The monoisotopic (exact) mass is 525 g/mol. The van der Waals surface area contributed by atoms with Crippen LogP contribution in [0.1, 0.15) is 18.4 Å². The van der Waals surface area contributed by atoms with Crippen molar-refractivity contribution in [3.05, 3.63) is 89.6 Å². The third kappa shape index (κ3) is 7.13. The summed E-state index contributed by atoms with van der Waals surface area (Å²) in [5, 5.41) is 7.18. The molecule has 4 rings (SSSR count). The Hall–Kier alpha value is -3.33. The van der Waals surface area contributed by atoms with Gasteiger partial charge in [-0.15, -0.1) is 0 Å². The molecule has 1 aliphatic heterocycles. The zero-order valence-electron chi connectivity index (χ0n) is 20.8. The Balaban J connectivity index is 1.55. The lowest BCUT2D eigenvalue weighted by Gasteiger charge is -2.30. The molecule has 0 radical (unpaired) electrons. The van der Waals surface area contributed by atoms with E-state index in [2.05, 4.69) is 33.7 Å². The average molecular weight is 526 g/mol. The van der Waals surface area contributed by atoms with E-state index in [1.807, 2.05) is 18.2 Å². The lowest BCUT2D eigenvalue weighted by Crippen LogP contribution is -2.36. The van der Waals surface area contributed by atoms with Gasteiger partial charge in [0.25, 0.3) is 0 Å². The molecule has 1 fully saturated rings.